The Balaban J connectivity index is 2.26. The number of rotatable bonds is 4. The van der Waals surface area contributed by atoms with E-state index in [-0.39, 0.29) is 11.8 Å². The van der Waals surface area contributed by atoms with E-state index < -0.39 is 0 Å². The van der Waals surface area contributed by atoms with Gasteiger partial charge in [0.25, 0.3) is 0 Å². The summed E-state index contributed by atoms with van der Waals surface area (Å²) in [5, 5.41) is 0. The lowest BCUT2D eigenvalue weighted by Crippen LogP contribution is -2.06. The molecule has 4 heteroatoms. The summed E-state index contributed by atoms with van der Waals surface area (Å²) in [4.78, 5) is 16.1. The van der Waals surface area contributed by atoms with Crippen molar-refractivity contribution in [2.24, 2.45) is 0 Å². The van der Waals surface area contributed by atoms with Crippen LogP contribution in [0.25, 0.3) is 12.2 Å². The molecule has 0 N–H and O–H groups in total. The van der Waals surface area contributed by atoms with E-state index in [0.717, 1.165) is 11.3 Å². The summed E-state index contributed by atoms with van der Waals surface area (Å²) in [7, 11) is 0. The molecule has 108 valence electrons. The zero-order valence-electron chi connectivity index (χ0n) is 12.0. The minimum absolute atomic E-state index is 0.290. The smallest absolute Gasteiger partial charge is 0.338 e. The first-order valence-corrected chi connectivity index (χ1v) is 6.68. The second-order valence-corrected chi connectivity index (χ2v) is 4.53. The molecule has 0 aliphatic rings. The first kappa shape index (κ1) is 14.9. The van der Waals surface area contributed by atoms with Gasteiger partial charge in [-0.05, 0) is 49.8 Å². The Morgan fingerprint density at radius 2 is 2.10 bits per heavy atom. The molecular formula is C17H16FNO2. The van der Waals surface area contributed by atoms with Gasteiger partial charge in [-0.1, -0.05) is 18.2 Å². The van der Waals surface area contributed by atoms with Gasteiger partial charge in [-0.25, -0.2) is 9.18 Å². The lowest BCUT2D eigenvalue weighted by atomic mass is 10.1. The third-order valence-corrected chi connectivity index (χ3v) is 2.78. The van der Waals surface area contributed by atoms with Crippen molar-refractivity contribution in [2.75, 3.05) is 6.61 Å². The molecule has 1 aromatic carbocycles. The van der Waals surface area contributed by atoms with Crippen molar-refractivity contribution < 1.29 is 13.9 Å². The number of benzene rings is 1. The molecule has 0 fully saturated rings. The maximum Gasteiger partial charge on any atom is 0.338 e. The second-order valence-electron chi connectivity index (χ2n) is 4.53. The number of carbonyl (C=O) groups is 1. The van der Waals surface area contributed by atoms with Crippen LogP contribution in [0.15, 0.2) is 36.4 Å². The van der Waals surface area contributed by atoms with E-state index in [1.807, 2.05) is 6.92 Å². The maximum atomic E-state index is 13.1. The molecule has 0 atom stereocenters. The number of nitrogens with zero attached hydrogens (tertiary/aromatic N) is 1. The lowest BCUT2D eigenvalue weighted by molar-refractivity contribution is 0.0526. The summed E-state index contributed by atoms with van der Waals surface area (Å²) in [6, 6.07) is 9.59. The molecule has 21 heavy (non-hydrogen) atoms. The van der Waals surface area contributed by atoms with Crippen LogP contribution in [-0.2, 0) is 4.74 Å². The quantitative estimate of drug-likeness (QED) is 0.800. The molecule has 0 spiro atoms. The Bertz CT molecular complexity index is 680. The van der Waals surface area contributed by atoms with Crippen LogP contribution in [-0.4, -0.2) is 17.6 Å². The number of pyridine rings is 1. The topological polar surface area (TPSA) is 39.2 Å². The first-order chi connectivity index (χ1) is 10.1. The molecule has 1 aromatic heterocycles. The molecule has 2 rings (SSSR count). The fourth-order valence-corrected chi connectivity index (χ4v) is 1.90. The van der Waals surface area contributed by atoms with Crippen LogP contribution in [0.1, 0.15) is 34.2 Å². The van der Waals surface area contributed by atoms with Crippen LogP contribution < -0.4 is 0 Å². The molecule has 3 nitrogen and oxygen atoms in total. The summed E-state index contributed by atoms with van der Waals surface area (Å²) in [6.45, 7) is 3.90. The van der Waals surface area contributed by atoms with Crippen molar-refractivity contribution in [3.8, 4) is 0 Å². The summed E-state index contributed by atoms with van der Waals surface area (Å²) >= 11 is 0. The number of hydrogen-bond donors (Lipinski definition) is 0. The zero-order chi connectivity index (χ0) is 15.2. The van der Waals surface area contributed by atoms with Gasteiger partial charge in [-0.15, -0.1) is 0 Å². The standard InChI is InChI=1S/C17H16FNO2/c1-3-21-17(20)14-9-12(2)19-16(11-14)8-7-13-5-4-6-15(18)10-13/h4-11H,3H2,1-2H3. The number of aromatic nitrogens is 1. The Morgan fingerprint density at radius 1 is 1.29 bits per heavy atom. The van der Waals surface area contributed by atoms with Gasteiger partial charge in [0.15, 0.2) is 0 Å². The summed E-state index contributed by atoms with van der Waals surface area (Å²) in [5.74, 6) is -0.662. The molecule has 0 aliphatic carbocycles. The van der Waals surface area contributed by atoms with Gasteiger partial charge in [-0.2, -0.15) is 0 Å². The van der Waals surface area contributed by atoms with Gasteiger partial charge in [0.2, 0.25) is 0 Å². The van der Waals surface area contributed by atoms with Gasteiger partial charge in [0, 0.05) is 5.69 Å². The molecule has 0 radical (unpaired) electrons. The number of hydrogen-bond acceptors (Lipinski definition) is 3. The number of ether oxygens (including phenoxy) is 1. The molecule has 0 unspecified atom stereocenters. The van der Waals surface area contributed by atoms with E-state index in [2.05, 4.69) is 4.98 Å². The molecule has 2 aromatic rings. The van der Waals surface area contributed by atoms with E-state index in [1.165, 1.54) is 12.1 Å². The second kappa shape index (κ2) is 6.79. The normalized spacial score (nSPS) is 10.8. The average Bonchev–Trinajstić information content (AvgIpc) is 2.45. The van der Waals surface area contributed by atoms with E-state index in [1.54, 1.807) is 43.3 Å². The number of esters is 1. The number of aryl methyl sites for hydroxylation is 1. The molecule has 0 saturated carbocycles. The fourth-order valence-electron chi connectivity index (χ4n) is 1.90. The Labute approximate surface area is 123 Å². The van der Waals surface area contributed by atoms with E-state index >= 15 is 0 Å². The Hall–Kier alpha value is -2.49. The lowest BCUT2D eigenvalue weighted by Gasteiger charge is -2.04. The van der Waals surface area contributed by atoms with E-state index in [9.17, 15) is 9.18 Å². The third-order valence-electron chi connectivity index (χ3n) is 2.78. The van der Waals surface area contributed by atoms with Gasteiger partial charge < -0.3 is 4.74 Å². The number of halogens is 1. The van der Waals surface area contributed by atoms with Crippen LogP contribution >= 0.6 is 0 Å². The predicted octanol–water partition coefficient (Wildman–Crippen LogP) is 3.88. The monoisotopic (exact) mass is 285 g/mol. The van der Waals surface area contributed by atoms with Gasteiger partial charge in [0.05, 0.1) is 17.9 Å². The first-order valence-electron chi connectivity index (χ1n) is 6.68. The number of carbonyl (C=O) groups excluding carboxylic acids is 1. The van der Waals surface area contributed by atoms with E-state index in [4.69, 9.17) is 4.74 Å². The maximum absolute atomic E-state index is 13.1. The highest BCUT2D eigenvalue weighted by molar-refractivity contribution is 5.90. The highest BCUT2D eigenvalue weighted by Gasteiger charge is 2.08. The van der Waals surface area contributed by atoms with Crippen LogP contribution in [0.5, 0.6) is 0 Å². The molecular weight excluding hydrogens is 269 g/mol. The van der Waals surface area contributed by atoms with Crippen molar-refractivity contribution >= 4 is 18.1 Å². The fraction of sp³-hybridized carbons (Fsp3) is 0.176. The average molecular weight is 285 g/mol. The van der Waals surface area contributed by atoms with Gasteiger partial charge in [0.1, 0.15) is 5.82 Å². The molecule has 0 amide bonds. The van der Waals surface area contributed by atoms with Crippen LogP contribution in [0.4, 0.5) is 4.39 Å². The van der Waals surface area contributed by atoms with Crippen molar-refractivity contribution in [1.29, 1.82) is 0 Å². The van der Waals surface area contributed by atoms with Crippen molar-refractivity contribution in [3.05, 3.63) is 64.7 Å². The minimum atomic E-state index is -0.372. The molecule has 0 saturated heterocycles. The Morgan fingerprint density at radius 3 is 2.81 bits per heavy atom. The highest BCUT2D eigenvalue weighted by Crippen LogP contribution is 2.12. The molecule has 0 bridgehead atoms. The van der Waals surface area contributed by atoms with Crippen LogP contribution in [0.2, 0.25) is 0 Å². The largest absolute Gasteiger partial charge is 0.462 e. The summed E-state index contributed by atoms with van der Waals surface area (Å²) in [5.41, 5.74) is 2.54. The van der Waals surface area contributed by atoms with Crippen molar-refractivity contribution in [1.82, 2.24) is 4.98 Å². The summed E-state index contributed by atoms with van der Waals surface area (Å²) in [6.07, 6.45) is 3.49. The highest BCUT2D eigenvalue weighted by atomic mass is 19.1. The SMILES string of the molecule is CCOC(=O)c1cc(C)nc(C=Cc2cccc(F)c2)c1. The molecule has 1 heterocycles. The predicted molar refractivity (Wildman–Crippen MR) is 80.3 cm³/mol. The summed E-state index contributed by atoms with van der Waals surface area (Å²) < 4.78 is 18.1. The van der Waals surface area contributed by atoms with Gasteiger partial charge in [-0.3, -0.25) is 4.98 Å². The van der Waals surface area contributed by atoms with Crippen molar-refractivity contribution in [3.63, 3.8) is 0 Å². The zero-order valence-corrected chi connectivity index (χ0v) is 12.0. The minimum Gasteiger partial charge on any atom is -0.462 e. The Kier molecular flexibility index (Phi) is 4.82. The van der Waals surface area contributed by atoms with Gasteiger partial charge >= 0.3 is 5.97 Å². The van der Waals surface area contributed by atoms with Crippen LogP contribution in [0.3, 0.4) is 0 Å². The van der Waals surface area contributed by atoms with E-state index in [0.29, 0.717) is 17.9 Å². The molecule has 0 aliphatic heterocycles. The third kappa shape index (κ3) is 4.24. The van der Waals surface area contributed by atoms with Crippen LogP contribution in [0, 0.1) is 12.7 Å². The van der Waals surface area contributed by atoms with Crippen molar-refractivity contribution in [2.45, 2.75) is 13.8 Å².